The molecule has 0 radical (unpaired) electrons. The molecule has 3 rings (SSSR count). The number of Topliss-reactive ketones (excluding diaryl/α,β-unsaturated/α-hetero) is 1. The van der Waals surface area contributed by atoms with E-state index in [1.165, 1.54) is 4.88 Å². The third-order valence-electron chi connectivity index (χ3n) is 3.89. The number of carbonyl (C=O) groups excluding carboxylic acids is 1. The number of hydrogen-bond acceptors (Lipinski definition) is 4. The second kappa shape index (κ2) is 6.15. The van der Waals surface area contributed by atoms with Crippen LogP contribution in [0.3, 0.4) is 0 Å². The molecule has 1 aliphatic heterocycles. The fourth-order valence-electron chi connectivity index (χ4n) is 2.92. The molecule has 114 valence electrons. The van der Waals surface area contributed by atoms with Gasteiger partial charge in [0.05, 0.1) is 5.69 Å². The summed E-state index contributed by atoms with van der Waals surface area (Å²) in [6, 6.07) is 9.99. The van der Waals surface area contributed by atoms with Gasteiger partial charge in [0.2, 0.25) is 0 Å². The highest BCUT2D eigenvalue weighted by atomic mass is 32.1. The number of likely N-dealkylation sites (tertiary alicyclic amines) is 1. The van der Waals surface area contributed by atoms with E-state index < -0.39 is 0 Å². The number of hydrogen-bond donors (Lipinski definition) is 0. The van der Waals surface area contributed by atoms with E-state index in [-0.39, 0.29) is 11.2 Å². The lowest BCUT2D eigenvalue weighted by molar-refractivity contribution is -0.126. The van der Waals surface area contributed by atoms with Gasteiger partial charge in [-0.25, -0.2) is 0 Å². The lowest BCUT2D eigenvalue weighted by Crippen LogP contribution is -2.47. The first-order valence-corrected chi connectivity index (χ1v) is 8.34. The van der Waals surface area contributed by atoms with Crippen LogP contribution in [0.5, 0.6) is 0 Å². The van der Waals surface area contributed by atoms with E-state index in [4.69, 9.17) is 0 Å². The number of rotatable bonds is 3. The molecule has 22 heavy (non-hydrogen) atoms. The predicted molar refractivity (Wildman–Crippen MR) is 90.6 cm³/mol. The first kappa shape index (κ1) is 15.1. The normalized spacial score (nSPS) is 20.5. The highest BCUT2D eigenvalue weighted by molar-refractivity contribution is 7.09. The van der Waals surface area contributed by atoms with Crippen LogP contribution in [0.2, 0.25) is 0 Å². The molecule has 0 unspecified atom stereocenters. The molecule has 3 heterocycles. The smallest absolute Gasteiger partial charge is 0.167 e. The van der Waals surface area contributed by atoms with Crippen molar-refractivity contribution in [2.24, 2.45) is 5.41 Å². The number of thiophene rings is 1. The average Bonchev–Trinajstić information content (AvgIpc) is 2.98. The van der Waals surface area contributed by atoms with E-state index in [0.29, 0.717) is 6.54 Å². The van der Waals surface area contributed by atoms with Crippen molar-refractivity contribution in [3.8, 4) is 0 Å². The zero-order valence-electron chi connectivity index (χ0n) is 13.0. The van der Waals surface area contributed by atoms with E-state index >= 15 is 0 Å². The summed E-state index contributed by atoms with van der Waals surface area (Å²) in [5.41, 5.74) is 1.35. The molecule has 2 aromatic heterocycles. The predicted octanol–water partition coefficient (Wildman–Crippen LogP) is 3.64. The van der Waals surface area contributed by atoms with Gasteiger partial charge in [-0.05, 0) is 29.7 Å². The number of aromatic nitrogens is 1. The molecular weight excluding hydrogens is 292 g/mol. The van der Waals surface area contributed by atoms with Crippen molar-refractivity contribution < 1.29 is 4.79 Å². The standard InChI is InChI=1S/C18H20N2OS/c1-18(2)13-20(12-16-7-5-9-22-16)11-14(17(18)21)10-15-6-3-4-8-19-15/h3-10H,11-13H2,1-2H3. The highest BCUT2D eigenvalue weighted by Gasteiger charge is 2.37. The van der Waals surface area contributed by atoms with Crippen molar-refractivity contribution in [1.82, 2.24) is 9.88 Å². The van der Waals surface area contributed by atoms with Crippen molar-refractivity contribution in [1.29, 1.82) is 0 Å². The van der Waals surface area contributed by atoms with E-state index in [1.54, 1.807) is 17.5 Å². The van der Waals surface area contributed by atoms with Crippen LogP contribution in [0.1, 0.15) is 24.4 Å². The van der Waals surface area contributed by atoms with Gasteiger partial charge in [-0.2, -0.15) is 0 Å². The number of ketones is 1. The Morgan fingerprint density at radius 2 is 2.18 bits per heavy atom. The van der Waals surface area contributed by atoms with Crippen molar-refractivity contribution in [2.45, 2.75) is 20.4 Å². The largest absolute Gasteiger partial charge is 0.294 e. The van der Waals surface area contributed by atoms with E-state index in [9.17, 15) is 4.79 Å². The molecule has 2 aromatic rings. The maximum atomic E-state index is 12.7. The Hall–Kier alpha value is -1.78. The van der Waals surface area contributed by atoms with Gasteiger partial charge in [-0.1, -0.05) is 26.0 Å². The summed E-state index contributed by atoms with van der Waals surface area (Å²) in [7, 11) is 0. The van der Waals surface area contributed by atoms with Crippen LogP contribution in [-0.2, 0) is 11.3 Å². The Morgan fingerprint density at radius 1 is 1.32 bits per heavy atom. The lowest BCUT2D eigenvalue weighted by atomic mass is 9.79. The number of pyridine rings is 1. The second-order valence-corrected chi connectivity index (χ2v) is 7.39. The maximum Gasteiger partial charge on any atom is 0.167 e. The minimum Gasteiger partial charge on any atom is -0.294 e. The van der Waals surface area contributed by atoms with Crippen LogP contribution < -0.4 is 0 Å². The molecule has 0 spiro atoms. The quantitative estimate of drug-likeness (QED) is 0.811. The summed E-state index contributed by atoms with van der Waals surface area (Å²) in [5.74, 6) is 0.237. The summed E-state index contributed by atoms with van der Waals surface area (Å²) in [6.07, 6.45) is 3.69. The van der Waals surface area contributed by atoms with Crippen molar-refractivity contribution in [3.63, 3.8) is 0 Å². The minimum atomic E-state index is -0.351. The van der Waals surface area contributed by atoms with Gasteiger partial charge < -0.3 is 0 Å². The number of piperidine rings is 1. The van der Waals surface area contributed by atoms with Crippen LogP contribution in [0.4, 0.5) is 0 Å². The van der Waals surface area contributed by atoms with Crippen LogP contribution in [0.15, 0.2) is 47.5 Å². The summed E-state index contributed by atoms with van der Waals surface area (Å²) < 4.78 is 0. The molecule has 3 nitrogen and oxygen atoms in total. The molecule has 0 saturated carbocycles. The SMILES string of the molecule is CC1(C)CN(Cc2cccs2)CC(=Cc2ccccn2)C1=O. The Balaban J connectivity index is 1.85. The Morgan fingerprint density at radius 3 is 2.86 bits per heavy atom. The molecule has 1 aliphatic rings. The summed E-state index contributed by atoms with van der Waals surface area (Å²) in [6.45, 7) is 6.44. The molecule has 0 aliphatic carbocycles. The van der Waals surface area contributed by atoms with Gasteiger partial charge in [-0.3, -0.25) is 14.7 Å². The summed E-state index contributed by atoms with van der Waals surface area (Å²) in [5, 5.41) is 2.10. The highest BCUT2D eigenvalue weighted by Crippen LogP contribution is 2.30. The Labute approximate surface area is 135 Å². The topological polar surface area (TPSA) is 33.2 Å². The monoisotopic (exact) mass is 312 g/mol. The van der Waals surface area contributed by atoms with Crippen molar-refractivity contribution in [2.75, 3.05) is 13.1 Å². The lowest BCUT2D eigenvalue weighted by Gasteiger charge is -2.38. The number of carbonyl (C=O) groups is 1. The Bertz CT molecular complexity index is 674. The average molecular weight is 312 g/mol. The van der Waals surface area contributed by atoms with Gasteiger partial charge in [0.1, 0.15) is 0 Å². The molecular formula is C18H20N2OS. The Kier molecular flexibility index (Phi) is 4.23. The summed E-state index contributed by atoms with van der Waals surface area (Å²) >= 11 is 1.76. The molecule has 0 aromatic carbocycles. The second-order valence-electron chi connectivity index (χ2n) is 6.36. The fraction of sp³-hybridized carbons (Fsp3) is 0.333. The van der Waals surface area contributed by atoms with Gasteiger partial charge in [-0.15, -0.1) is 11.3 Å². The third-order valence-corrected chi connectivity index (χ3v) is 4.75. The van der Waals surface area contributed by atoms with Gasteiger partial charge in [0.15, 0.2) is 5.78 Å². The maximum absolute atomic E-state index is 12.7. The third kappa shape index (κ3) is 3.34. The molecule has 0 bridgehead atoms. The van der Waals surface area contributed by atoms with Gasteiger partial charge in [0.25, 0.3) is 0 Å². The molecule has 1 saturated heterocycles. The van der Waals surface area contributed by atoms with Crippen LogP contribution in [0, 0.1) is 5.41 Å². The summed E-state index contributed by atoms with van der Waals surface area (Å²) in [4.78, 5) is 20.7. The van der Waals surface area contributed by atoms with Gasteiger partial charge >= 0.3 is 0 Å². The zero-order chi connectivity index (χ0) is 15.6. The molecule has 0 atom stereocenters. The van der Waals surface area contributed by atoms with Crippen LogP contribution >= 0.6 is 11.3 Å². The van der Waals surface area contributed by atoms with E-state index in [2.05, 4.69) is 27.4 Å². The minimum absolute atomic E-state index is 0.237. The fourth-order valence-corrected chi connectivity index (χ4v) is 3.67. The van der Waals surface area contributed by atoms with Gasteiger partial charge in [0, 0.05) is 41.7 Å². The van der Waals surface area contributed by atoms with Crippen LogP contribution in [-0.4, -0.2) is 28.8 Å². The number of nitrogens with zero attached hydrogens (tertiary/aromatic N) is 2. The van der Waals surface area contributed by atoms with Crippen LogP contribution in [0.25, 0.3) is 6.08 Å². The first-order valence-electron chi connectivity index (χ1n) is 7.46. The first-order chi connectivity index (χ1) is 10.5. The molecule has 4 heteroatoms. The van der Waals surface area contributed by atoms with E-state index in [0.717, 1.165) is 24.4 Å². The van der Waals surface area contributed by atoms with E-state index in [1.807, 2.05) is 38.1 Å². The zero-order valence-corrected chi connectivity index (χ0v) is 13.8. The molecule has 1 fully saturated rings. The molecule has 0 amide bonds. The molecule has 0 N–H and O–H groups in total. The van der Waals surface area contributed by atoms with Crippen molar-refractivity contribution >= 4 is 23.2 Å². The van der Waals surface area contributed by atoms with Crippen molar-refractivity contribution in [3.05, 3.63) is 58.1 Å².